The second kappa shape index (κ2) is 47.8. The van der Waals surface area contributed by atoms with Crippen molar-refractivity contribution in [3.8, 4) is 0 Å². The number of carbonyl (C=O) groups is 3. The van der Waals surface area contributed by atoms with E-state index in [0.717, 1.165) is 77.0 Å². The van der Waals surface area contributed by atoms with Crippen LogP contribution in [0.2, 0.25) is 0 Å². The molecule has 0 spiro atoms. The van der Waals surface area contributed by atoms with Crippen molar-refractivity contribution >= 4 is 17.9 Å². The third-order valence-electron chi connectivity index (χ3n) is 10.6. The molecule has 1 unspecified atom stereocenters. The molecule has 0 saturated carbocycles. The zero-order chi connectivity index (χ0) is 43.0. The summed E-state index contributed by atoms with van der Waals surface area (Å²) in [6.07, 6.45) is 57.9. The molecule has 0 aromatic rings. The summed E-state index contributed by atoms with van der Waals surface area (Å²) < 4.78 is 16.7. The number of esters is 3. The SMILES string of the molecule is CC\C=C/C=C\C=C/C=C\CCCCCCCC(=O)OC(COC(=O)CCC/C=C\CCCCCC)COC(=O)CCCCCCCCCCCCCCCCCCC. The molecule has 0 N–H and O–H groups in total. The van der Waals surface area contributed by atoms with E-state index in [-0.39, 0.29) is 31.1 Å². The Hall–Kier alpha value is -2.89. The Balaban J connectivity index is 4.36. The largest absolute Gasteiger partial charge is 0.462 e. The first-order chi connectivity index (χ1) is 29.0. The highest BCUT2D eigenvalue weighted by atomic mass is 16.6. The third kappa shape index (κ3) is 46.0. The van der Waals surface area contributed by atoms with Crippen LogP contribution in [-0.4, -0.2) is 37.2 Å². The molecule has 0 aliphatic heterocycles. The monoisotopic (exact) mass is 825 g/mol. The molecule has 340 valence electrons. The van der Waals surface area contributed by atoms with Crippen molar-refractivity contribution in [2.75, 3.05) is 13.2 Å². The van der Waals surface area contributed by atoms with Gasteiger partial charge in [-0.25, -0.2) is 0 Å². The highest BCUT2D eigenvalue weighted by molar-refractivity contribution is 5.71. The number of hydrogen-bond donors (Lipinski definition) is 0. The average Bonchev–Trinajstić information content (AvgIpc) is 3.23. The third-order valence-corrected chi connectivity index (χ3v) is 10.6. The number of rotatable bonds is 44. The van der Waals surface area contributed by atoms with Crippen LogP contribution in [0.3, 0.4) is 0 Å². The van der Waals surface area contributed by atoms with E-state index >= 15 is 0 Å². The van der Waals surface area contributed by atoms with Crippen molar-refractivity contribution in [1.29, 1.82) is 0 Å². The van der Waals surface area contributed by atoms with Crippen LogP contribution >= 0.6 is 0 Å². The molecule has 0 amide bonds. The molecule has 6 nitrogen and oxygen atoms in total. The van der Waals surface area contributed by atoms with Gasteiger partial charge >= 0.3 is 17.9 Å². The van der Waals surface area contributed by atoms with Gasteiger partial charge in [0.15, 0.2) is 6.10 Å². The molecule has 0 fully saturated rings. The minimum atomic E-state index is -0.793. The first-order valence-electron chi connectivity index (χ1n) is 24.8. The lowest BCUT2D eigenvalue weighted by Crippen LogP contribution is -2.30. The number of hydrogen-bond acceptors (Lipinski definition) is 6. The predicted molar refractivity (Wildman–Crippen MR) is 251 cm³/mol. The minimum Gasteiger partial charge on any atom is -0.462 e. The summed E-state index contributed by atoms with van der Waals surface area (Å²) in [5.74, 6) is -0.949. The summed E-state index contributed by atoms with van der Waals surface area (Å²) in [4.78, 5) is 37.8. The van der Waals surface area contributed by atoms with Gasteiger partial charge in [0.2, 0.25) is 0 Å². The Morgan fingerprint density at radius 2 is 0.695 bits per heavy atom. The van der Waals surface area contributed by atoms with Crippen LogP contribution in [0.4, 0.5) is 0 Å². The standard InChI is InChI=1S/C53H92O6/c1-4-7-10-13-16-19-21-23-25-26-28-29-31-34-37-40-43-46-52(55)58-49-50(48-57-51(54)45-42-39-36-33-18-15-12-9-6-3)59-53(56)47-44-41-38-35-32-30-27-24-22-20-17-14-11-8-5-2/h8,11,14,17,20,22,24,27,33,36,50H,4-7,9-10,12-13,15-16,18-19,21,23,25-26,28-32,34-35,37-49H2,1-3H3/b11-8-,17-14-,22-20-,27-24-,36-33-. The fourth-order valence-corrected chi connectivity index (χ4v) is 6.87. The molecule has 0 aromatic heterocycles. The maximum absolute atomic E-state index is 12.7. The minimum absolute atomic E-state index is 0.0908. The lowest BCUT2D eigenvalue weighted by atomic mass is 10.0. The molecule has 0 rings (SSSR count). The molecular weight excluding hydrogens is 733 g/mol. The van der Waals surface area contributed by atoms with E-state index in [4.69, 9.17) is 14.2 Å². The molecule has 0 heterocycles. The fourth-order valence-electron chi connectivity index (χ4n) is 6.87. The highest BCUT2D eigenvalue weighted by Gasteiger charge is 2.19. The van der Waals surface area contributed by atoms with Crippen LogP contribution in [0.25, 0.3) is 0 Å². The van der Waals surface area contributed by atoms with Gasteiger partial charge in [-0.05, 0) is 57.8 Å². The van der Waals surface area contributed by atoms with Crippen LogP contribution in [0.5, 0.6) is 0 Å². The molecular formula is C53H92O6. The molecule has 1 atom stereocenters. The molecule has 0 radical (unpaired) electrons. The molecule has 0 aliphatic rings. The van der Waals surface area contributed by atoms with E-state index in [2.05, 4.69) is 63.3 Å². The van der Waals surface area contributed by atoms with Crippen LogP contribution in [0.15, 0.2) is 60.8 Å². The van der Waals surface area contributed by atoms with Crippen molar-refractivity contribution in [1.82, 2.24) is 0 Å². The van der Waals surface area contributed by atoms with Crippen LogP contribution in [-0.2, 0) is 28.6 Å². The van der Waals surface area contributed by atoms with E-state index in [1.54, 1.807) is 0 Å². The lowest BCUT2D eigenvalue weighted by Gasteiger charge is -2.18. The summed E-state index contributed by atoms with van der Waals surface area (Å²) in [7, 11) is 0. The van der Waals surface area contributed by atoms with Crippen LogP contribution in [0, 0.1) is 0 Å². The number of unbranched alkanes of at least 4 members (excludes halogenated alkanes) is 26. The number of allylic oxidation sites excluding steroid dienone is 10. The lowest BCUT2D eigenvalue weighted by molar-refractivity contribution is -0.167. The zero-order valence-electron chi connectivity index (χ0n) is 38.8. The number of ether oxygens (including phenoxy) is 3. The van der Waals surface area contributed by atoms with Gasteiger partial charge in [0, 0.05) is 19.3 Å². The topological polar surface area (TPSA) is 78.9 Å². The quantitative estimate of drug-likeness (QED) is 0.0200. The van der Waals surface area contributed by atoms with Crippen molar-refractivity contribution < 1.29 is 28.6 Å². The van der Waals surface area contributed by atoms with Crippen molar-refractivity contribution in [2.45, 2.75) is 245 Å². The first-order valence-corrected chi connectivity index (χ1v) is 24.8. The summed E-state index contributed by atoms with van der Waals surface area (Å²) in [5.41, 5.74) is 0. The van der Waals surface area contributed by atoms with Gasteiger partial charge < -0.3 is 14.2 Å². The van der Waals surface area contributed by atoms with Gasteiger partial charge in [0.25, 0.3) is 0 Å². The normalized spacial score (nSPS) is 12.5. The Kier molecular flexibility index (Phi) is 45.4. The van der Waals surface area contributed by atoms with Crippen LogP contribution in [0.1, 0.15) is 239 Å². The molecule has 0 aliphatic carbocycles. The van der Waals surface area contributed by atoms with E-state index in [9.17, 15) is 14.4 Å². The number of carbonyl (C=O) groups excluding carboxylic acids is 3. The van der Waals surface area contributed by atoms with Gasteiger partial charge in [0.05, 0.1) is 0 Å². The summed E-state index contributed by atoms with van der Waals surface area (Å²) in [5, 5.41) is 0. The van der Waals surface area contributed by atoms with Gasteiger partial charge in [-0.2, -0.15) is 0 Å². The van der Waals surface area contributed by atoms with Crippen molar-refractivity contribution in [3.63, 3.8) is 0 Å². The fraction of sp³-hybridized carbons (Fsp3) is 0.755. The maximum atomic E-state index is 12.7. The molecule has 0 aromatic carbocycles. The summed E-state index contributed by atoms with van der Waals surface area (Å²) >= 11 is 0. The Morgan fingerprint density at radius 3 is 1.17 bits per heavy atom. The molecule has 0 bridgehead atoms. The van der Waals surface area contributed by atoms with E-state index < -0.39 is 6.10 Å². The van der Waals surface area contributed by atoms with Gasteiger partial charge in [-0.3, -0.25) is 14.4 Å². The second-order valence-corrected chi connectivity index (χ2v) is 16.4. The first kappa shape index (κ1) is 56.1. The zero-order valence-corrected chi connectivity index (χ0v) is 38.8. The molecule has 0 saturated heterocycles. The molecule has 59 heavy (non-hydrogen) atoms. The van der Waals surface area contributed by atoms with Gasteiger partial charge in [-0.15, -0.1) is 0 Å². The Morgan fingerprint density at radius 1 is 0.356 bits per heavy atom. The molecule has 6 heteroatoms. The predicted octanol–water partition coefficient (Wildman–Crippen LogP) is 16.1. The summed E-state index contributed by atoms with van der Waals surface area (Å²) in [6.45, 7) is 6.43. The van der Waals surface area contributed by atoms with Gasteiger partial charge in [-0.1, -0.05) is 223 Å². The van der Waals surface area contributed by atoms with Crippen LogP contribution < -0.4 is 0 Å². The Bertz CT molecular complexity index is 1090. The van der Waals surface area contributed by atoms with Gasteiger partial charge in [0.1, 0.15) is 13.2 Å². The van der Waals surface area contributed by atoms with E-state index in [1.807, 2.05) is 18.2 Å². The highest BCUT2D eigenvalue weighted by Crippen LogP contribution is 2.15. The average molecular weight is 825 g/mol. The van der Waals surface area contributed by atoms with Crippen molar-refractivity contribution in [2.24, 2.45) is 0 Å². The van der Waals surface area contributed by atoms with E-state index in [0.29, 0.717) is 25.7 Å². The smallest absolute Gasteiger partial charge is 0.306 e. The second-order valence-electron chi connectivity index (χ2n) is 16.4. The maximum Gasteiger partial charge on any atom is 0.306 e. The summed E-state index contributed by atoms with van der Waals surface area (Å²) in [6, 6.07) is 0. The van der Waals surface area contributed by atoms with Crippen molar-refractivity contribution in [3.05, 3.63) is 60.8 Å². The van der Waals surface area contributed by atoms with E-state index in [1.165, 1.54) is 116 Å². The Labute approximate surface area is 364 Å².